The van der Waals surface area contributed by atoms with Gasteiger partial charge in [-0.1, -0.05) is 13.8 Å². The number of nitrogens with two attached hydrogens (primary N) is 1. The number of nitriles is 1. The van der Waals surface area contributed by atoms with Gasteiger partial charge >= 0.3 is 0 Å². The van der Waals surface area contributed by atoms with E-state index < -0.39 is 0 Å². The minimum atomic E-state index is -0.322. The minimum absolute atomic E-state index is 0.109. The zero-order valence-corrected chi connectivity index (χ0v) is 15.5. The molecule has 0 bridgehead atoms. The van der Waals surface area contributed by atoms with Gasteiger partial charge in [0.2, 0.25) is 11.8 Å². The third-order valence-electron chi connectivity index (χ3n) is 4.70. The highest BCUT2D eigenvalue weighted by atomic mass is 16.5. The standard InChI is InChI=1S/C18H24N6O/c1-8(2)16-15-14(12(7-19)17(20)25-18(15)22-21-16)13-10(5)23-24(9(3)4)11(13)6/h8-9,14H,20H2,1-6H3,(H,21,22)/t14-/m1/s1. The zero-order chi connectivity index (χ0) is 18.5. The molecule has 1 atom stereocenters. The topological polar surface area (TPSA) is 106 Å². The van der Waals surface area contributed by atoms with Crippen LogP contribution < -0.4 is 10.5 Å². The van der Waals surface area contributed by atoms with Gasteiger partial charge in [0, 0.05) is 23.0 Å². The molecule has 25 heavy (non-hydrogen) atoms. The largest absolute Gasteiger partial charge is 0.420 e. The van der Waals surface area contributed by atoms with E-state index in [0.29, 0.717) is 11.5 Å². The Hall–Kier alpha value is -2.75. The smallest absolute Gasteiger partial charge is 0.244 e. The number of hydrogen-bond acceptors (Lipinski definition) is 5. The molecule has 3 heterocycles. The molecule has 7 nitrogen and oxygen atoms in total. The maximum absolute atomic E-state index is 9.76. The van der Waals surface area contributed by atoms with Gasteiger partial charge in [-0.3, -0.25) is 9.78 Å². The van der Waals surface area contributed by atoms with E-state index in [-0.39, 0.29) is 23.8 Å². The van der Waals surface area contributed by atoms with E-state index in [1.54, 1.807) is 0 Å². The molecular formula is C18H24N6O. The maximum Gasteiger partial charge on any atom is 0.244 e. The molecule has 0 aliphatic carbocycles. The number of ether oxygens (including phenoxy) is 1. The van der Waals surface area contributed by atoms with Crippen LogP contribution in [0.1, 0.15) is 73.8 Å². The summed E-state index contributed by atoms with van der Waals surface area (Å²) in [4.78, 5) is 0. The van der Waals surface area contributed by atoms with Gasteiger partial charge in [-0.15, -0.1) is 5.10 Å². The summed E-state index contributed by atoms with van der Waals surface area (Å²) in [6.07, 6.45) is 0. The van der Waals surface area contributed by atoms with E-state index in [1.807, 2.05) is 18.5 Å². The Kier molecular flexibility index (Phi) is 4.07. The van der Waals surface area contributed by atoms with Crippen molar-refractivity contribution in [3.63, 3.8) is 0 Å². The van der Waals surface area contributed by atoms with Crippen LogP contribution in [-0.4, -0.2) is 20.0 Å². The second-order valence-corrected chi connectivity index (χ2v) is 7.06. The van der Waals surface area contributed by atoms with E-state index in [9.17, 15) is 5.26 Å². The van der Waals surface area contributed by atoms with Crippen molar-refractivity contribution in [1.82, 2.24) is 20.0 Å². The van der Waals surface area contributed by atoms with Crippen molar-refractivity contribution in [2.24, 2.45) is 5.73 Å². The number of rotatable bonds is 3. The Morgan fingerprint density at radius 3 is 2.44 bits per heavy atom. The fourth-order valence-corrected chi connectivity index (χ4v) is 3.59. The zero-order valence-electron chi connectivity index (χ0n) is 15.5. The van der Waals surface area contributed by atoms with E-state index in [2.05, 4.69) is 49.1 Å². The second kappa shape index (κ2) is 5.96. The average molecular weight is 340 g/mol. The lowest BCUT2D eigenvalue weighted by Crippen LogP contribution is -2.22. The highest BCUT2D eigenvalue weighted by molar-refractivity contribution is 5.57. The predicted octanol–water partition coefficient (Wildman–Crippen LogP) is 3.15. The van der Waals surface area contributed by atoms with Crippen molar-refractivity contribution in [3.05, 3.63) is 39.7 Å². The normalized spacial score (nSPS) is 17.0. The first kappa shape index (κ1) is 17.1. The number of aromatic amines is 1. The molecule has 0 spiro atoms. The van der Waals surface area contributed by atoms with Crippen LogP contribution in [0.5, 0.6) is 5.88 Å². The minimum Gasteiger partial charge on any atom is -0.420 e. The van der Waals surface area contributed by atoms with Gasteiger partial charge in [-0.2, -0.15) is 10.4 Å². The Labute approximate surface area is 147 Å². The lowest BCUT2D eigenvalue weighted by molar-refractivity contribution is 0.378. The number of aryl methyl sites for hydroxylation is 1. The van der Waals surface area contributed by atoms with E-state index >= 15 is 0 Å². The summed E-state index contributed by atoms with van der Waals surface area (Å²) in [6, 6.07) is 2.47. The molecule has 0 aromatic carbocycles. The van der Waals surface area contributed by atoms with E-state index in [0.717, 1.165) is 28.2 Å². The molecule has 1 aliphatic heterocycles. The number of nitrogens with zero attached hydrogens (tertiary/aromatic N) is 4. The molecule has 3 N–H and O–H groups in total. The summed E-state index contributed by atoms with van der Waals surface area (Å²) in [6.45, 7) is 12.3. The molecule has 0 radical (unpaired) electrons. The summed E-state index contributed by atoms with van der Waals surface area (Å²) in [5.41, 5.74) is 11.2. The van der Waals surface area contributed by atoms with Gasteiger partial charge in [0.05, 0.1) is 17.2 Å². The molecular weight excluding hydrogens is 316 g/mol. The highest BCUT2D eigenvalue weighted by Gasteiger charge is 2.38. The van der Waals surface area contributed by atoms with Gasteiger partial charge in [0.1, 0.15) is 11.6 Å². The molecule has 0 saturated heterocycles. The van der Waals surface area contributed by atoms with Crippen molar-refractivity contribution in [3.8, 4) is 11.9 Å². The van der Waals surface area contributed by atoms with Gasteiger partial charge < -0.3 is 10.5 Å². The van der Waals surface area contributed by atoms with Crippen LogP contribution in [0.15, 0.2) is 11.5 Å². The van der Waals surface area contributed by atoms with Gasteiger partial charge in [0.15, 0.2) is 0 Å². The van der Waals surface area contributed by atoms with Gasteiger partial charge in [-0.05, 0) is 33.6 Å². The number of allylic oxidation sites excluding steroid dienone is 1. The van der Waals surface area contributed by atoms with Crippen molar-refractivity contribution >= 4 is 0 Å². The first-order valence-corrected chi connectivity index (χ1v) is 8.49. The van der Waals surface area contributed by atoms with Crippen LogP contribution in [0.2, 0.25) is 0 Å². The average Bonchev–Trinajstić information content (AvgIpc) is 3.07. The molecule has 0 fully saturated rings. The summed E-state index contributed by atoms with van der Waals surface area (Å²) < 4.78 is 7.60. The van der Waals surface area contributed by atoms with E-state index in [1.165, 1.54) is 0 Å². The quantitative estimate of drug-likeness (QED) is 0.893. The van der Waals surface area contributed by atoms with Crippen molar-refractivity contribution in [1.29, 1.82) is 5.26 Å². The number of fused-ring (bicyclic) bond motifs is 1. The van der Waals surface area contributed by atoms with E-state index in [4.69, 9.17) is 10.5 Å². The van der Waals surface area contributed by atoms with Crippen LogP contribution >= 0.6 is 0 Å². The third-order valence-corrected chi connectivity index (χ3v) is 4.70. The fraction of sp³-hybridized carbons (Fsp3) is 0.500. The number of H-pyrrole nitrogens is 1. The molecule has 0 amide bonds. The van der Waals surface area contributed by atoms with Gasteiger partial charge in [0.25, 0.3) is 0 Å². The van der Waals surface area contributed by atoms with Crippen LogP contribution in [0.3, 0.4) is 0 Å². The molecule has 2 aromatic heterocycles. The highest BCUT2D eigenvalue weighted by Crippen LogP contribution is 2.46. The Morgan fingerprint density at radius 2 is 1.92 bits per heavy atom. The predicted molar refractivity (Wildman–Crippen MR) is 94.1 cm³/mol. The molecule has 1 aliphatic rings. The molecule has 0 saturated carbocycles. The summed E-state index contributed by atoms with van der Waals surface area (Å²) in [7, 11) is 0. The molecule has 7 heteroatoms. The third kappa shape index (κ3) is 2.49. The van der Waals surface area contributed by atoms with Crippen molar-refractivity contribution in [2.45, 2.75) is 59.4 Å². The Bertz CT molecular complexity index is 894. The van der Waals surface area contributed by atoms with Crippen LogP contribution in [0.25, 0.3) is 0 Å². The Morgan fingerprint density at radius 1 is 1.24 bits per heavy atom. The number of hydrogen-bond donors (Lipinski definition) is 2. The first-order valence-electron chi connectivity index (χ1n) is 8.49. The SMILES string of the molecule is Cc1nn(C(C)C)c(C)c1[C@H]1C(C#N)=C(N)Oc2n[nH]c(C(C)C)c21. The summed E-state index contributed by atoms with van der Waals surface area (Å²) >= 11 is 0. The van der Waals surface area contributed by atoms with Gasteiger partial charge in [-0.25, -0.2) is 0 Å². The van der Waals surface area contributed by atoms with Crippen molar-refractivity contribution in [2.75, 3.05) is 0 Å². The monoisotopic (exact) mass is 340 g/mol. The van der Waals surface area contributed by atoms with Crippen molar-refractivity contribution < 1.29 is 4.74 Å². The van der Waals surface area contributed by atoms with Crippen LogP contribution in [0, 0.1) is 25.2 Å². The fourth-order valence-electron chi connectivity index (χ4n) is 3.59. The lowest BCUT2D eigenvalue weighted by atomic mass is 9.81. The molecule has 3 rings (SSSR count). The number of aromatic nitrogens is 4. The first-order chi connectivity index (χ1) is 11.8. The van der Waals surface area contributed by atoms with Crippen LogP contribution in [-0.2, 0) is 0 Å². The summed E-state index contributed by atoms with van der Waals surface area (Å²) in [5, 5.41) is 21.8. The Balaban J connectivity index is 2.32. The van der Waals surface area contributed by atoms with Crippen LogP contribution in [0.4, 0.5) is 0 Å². The molecule has 0 unspecified atom stereocenters. The summed E-state index contributed by atoms with van der Waals surface area (Å²) in [5.74, 6) is 0.443. The molecule has 2 aromatic rings. The molecule has 132 valence electrons. The maximum atomic E-state index is 9.76. The second-order valence-electron chi connectivity index (χ2n) is 7.06. The number of nitrogens with one attached hydrogen (secondary N) is 1. The lowest BCUT2D eigenvalue weighted by Gasteiger charge is -2.25.